The minimum Gasteiger partial charge on any atom is -1.00 e. The summed E-state index contributed by atoms with van der Waals surface area (Å²) in [7, 11) is 0. The van der Waals surface area contributed by atoms with Crippen molar-refractivity contribution in [3.8, 4) is 0 Å². The first-order valence-corrected chi connectivity index (χ1v) is 7.15. The van der Waals surface area contributed by atoms with Gasteiger partial charge in [-0.15, -0.1) is 0 Å². The number of rotatable bonds is 5. The molecule has 2 nitrogen and oxygen atoms in total. The maximum atomic E-state index is 12.2. The largest absolute Gasteiger partial charge is 1.00 e. The zero-order valence-corrected chi connectivity index (χ0v) is 14.5. The second kappa shape index (κ2) is 8.08. The standard InChI is InChI=1S/C18H22NO.BrH/c1-4-16-8-10-19(11-9-16)13-17(20)12-18-14(2)6-5-7-15(18)3;/h5-11H,4,12-13H2,1-3H3;1H/q+1;/p-1. The van der Waals surface area contributed by atoms with Gasteiger partial charge in [-0.3, -0.25) is 4.79 Å². The molecule has 1 heterocycles. The summed E-state index contributed by atoms with van der Waals surface area (Å²) in [6.07, 6.45) is 5.51. The summed E-state index contributed by atoms with van der Waals surface area (Å²) >= 11 is 0. The van der Waals surface area contributed by atoms with E-state index in [4.69, 9.17) is 0 Å². The summed E-state index contributed by atoms with van der Waals surface area (Å²) in [6.45, 7) is 6.71. The van der Waals surface area contributed by atoms with Crippen LogP contribution in [-0.4, -0.2) is 5.78 Å². The third-order valence-corrected chi connectivity index (χ3v) is 3.75. The number of halogens is 1. The van der Waals surface area contributed by atoms with Crippen molar-refractivity contribution < 1.29 is 26.3 Å². The average molecular weight is 348 g/mol. The van der Waals surface area contributed by atoms with Crippen molar-refractivity contribution in [3.63, 3.8) is 0 Å². The van der Waals surface area contributed by atoms with E-state index in [0.29, 0.717) is 13.0 Å². The fraction of sp³-hybridized carbons (Fsp3) is 0.333. The van der Waals surface area contributed by atoms with Gasteiger partial charge in [0, 0.05) is 18.6 Å². The van der Waals surface area contributed by atoms with E-state index in [9.17, 15) is 4.79 Å². The third kappa shape index (κ3) is 4.78. The highest BCUT2D eigenvalue weighted by molar-refractivity contribution is 5.80. The van der Waals surface area contributed by atoms with Gasteiger partial charge in [0.1, 0.15) is 0 Å². The van der Waals surface area contributed by atoms with E-state index >= 15 is 0 Å². The lowest BCUT2D eigenvalue weighted by Crippen LogP contribution is -3.00. The predicted octanol–water partition coefficient (Wildman–Crippen LogP) is -0.0309. The van der Waals surface area contributed by atoms with E-state index in [0.717, 1.165) is 6.42 Å². The van der Waals surface area contributed by atoms with Crippen LogP contribution in [0.2, 0.25) is 0 Å². The Hall–Kier alpha value is -1.48. The first-order chi connectivity index (χ1) is 9.60. The number of carbonyl (C=O) groups is 1. The van der Waals surface area contributed by atoms with Gasteiger partial charge in [-0.25, -0.2) is 0 Å². The SMILES string of the molecule is CCc1cc[n+](CC(=O)Cc2c(C)cccc2C)cc1.[Br-]. The fourth-order valence-corrected chi connectivity index (χ4v) is 2.41. The van der Waals surface area contributed by atoms with E-state index in [1.807, 2.05) is 23.0 Å². The second-order valence-electron chi connectivity index (χ2n) is 5.32. The van der Waals surface area contributed by atoms with Crippen LogP contribution in [0.25, 0.3) is 0 Å². The molecular formula is C18H22BrNO. The molecule has 3 heteroatoms. The summed E-state index contributed by atoms with van der Waals surface area (Å²) < 4.78 is 1.95. The molecule has 0 fully saturated rings. The second-order valence-corrected chi connectivity index (χ2v) is 5.32. The maximum absolute atomic E-state index is 12.2. The minimum atomic E-state index is 0. The van der Waals surface area contributed by atoms with Crippen LogP contribution in [0.5, 0.6) is 0 Å². The minimum absolute atomic E-state index is 0. The number of aromatic nitrogens is 1. The molecule has 0 amide bonds. The topological polar surface area (TPSA) is 20.9 Å². The highest BCUT2D eigenvalue weighted by Gasteiger charge is 2.13. The van der Waals surface area contributed by atoms with E-state index in [2.05, 4.69) is 45.0 Å². The number of hydrogen-bond donors (Lipinski definition) is 0. The van der Waals surface area contributed by atoms with Crippen molar-refractivity contribution in [3.05, 3.63) is 65.0 Å². The monoisotopic (exact) mass is 347 g/mol. The lowest BCUT2D eigenvalue weighted by Gasteiger charge is -2.07. The molecule has 2 aromatic rings. The Kier molecular flexibility index (Phi) is 6.76. The van der Waals surface area contributed by atoms with Crippen LogP contribution in [0.15, 0.2) is 42.7 Å². The molecule has 21 heavy (non-hydrogen) atoms. The molecule has 0 aliphatic heterocycles. The summed E-state index contributed by atoms with van der Waals surface area (Å²) in [6, 6.07) is 10.3. The molecule has 0 bridgehead atoms. The molecule has 0 unspecified atom stereocenters. The number of aryl methyl sites for hydroxylation is 3. The molecule has 1 aromatic heterocycles. The number of nitrogens with zero attached hydrogens (tertiary/aromatic N) is 1. The smallest absolute Gasteiger partial charge is 0.206 e. The van der Waals surface area contributed by atoms with Gasteiger partial charge in [0.2, 0.25) is 12.3 Å². The van der Waals surface area contributed by atoms with Gasteiger partial charge in [-0.05, 0) is 42.5 Å². The average Bonchev–Trinajstić information content (AvgIpc) is 2.44. The Morgan fingerprint density at radius 2 is 1.62 bits per heavy atom. The van der Waals surface area contributed by atoms with Crippen LogP contribution >= 0.6 is 0 Å². The molecule has 0 N–H and O–H groups in total. The van der Waals surface area contributed by atoms with Gasteiger partial charge in [0.15, 0.2) is 12.4 Å². The molecule has 0 aliphatic rings. The fourth-order valence-electron chi connectivity index (χ4n) is 2.41. The van der Waals surface area contributed by atoms with Crippen molar-refractivity contribution in [2.24, 2.45) is 0 Å². The number of ketones is 1. The first kappa shape index (κ1) is 17.6. The van der Waals surface area contributed by atoms with Crippen molar-refractivity contribution in [1.82, 2.24) is 0 Å². The predicted molar refractivity (Wildman–Crippen MR) is 80.6 cm³/mol. The van der Waals surface area contributed by atoms with Crippen LogP contribution in [0, 0.1) is 13.8 Å². The normalized spacial score (nSPS) is 10.0. The molecular weight excluding hydrogens is 326 g/mol. The van der Waals surface area contributed by atoms with Crippen LogP contribution in [-0.2, 0) is 24.2 Å². The van der Waals surface area contributed by atoms with Crippen LogP contribution in [0.4, 0.5) is 0 Å². The highest BCUT2D eigenvalue weighted by Crippen LogP contribution is 2.14. The zero-order chi connectivity index (χ0) is 14.5. The quantitative estimate of drug-likeness (QED) is 0.696. The Labute approximate surface area is 137 Å². The molecule has 1 aromatic carbocycles. The van der Waals surface area contributed by atoms with Crippen molar-refractivity contribution in [1.29, 1.82) is 0 Å². The van der Waals surface area contributed by atoms with Gasteiger partial charge < -0.3 is 17.0 Å². The number of Topliss-reactive ketones (excluding diaryl/α,β-unsaturated/α-hetero) is 1. The lowest BCUT2D eigenvalue weighted by molar-refractivity contribution is -0.684. The summed E-state index contributed by atoms with van der Waals surface area (Å²) in [4.78, 5) is 12.2. The van der Waals surface area contributed by atoms with Gasteiger partial charge in [-0.2, -0.15) is 4.57 Å². The molecule has 0 atom stereocenters. The van der Waals surface area contributed by atoms with Crippen molar-refractivity contribution in [2.75, 3.05) is 0 Å². The van der Waals surface area contributed by atoms with E-state index in [-0.39, 0.29) is 22.8 Å². The maximum Gasteiger partial charge on any atom is 0.206 e. The van der Waals surface area contributed by atoms with Crippen LogP contribution in [0.3, 0.4) is 0 Å². The van der Waals surface area contributed by atoms with E-state index in [1.54, 1.807) is 0 Å². The molecule has 0 aliphatic carbocycles. The Morgan fingerprint density at radius 1 is 1.05 bits per heavy atom. The highest BCUT2D eigenvalue weighted by atomic mass is 79.9. The zero-order valence-electron chi connectivity index (χ0n) is 12.9. The van der Waals surface area contributed by atoms with Gasteiger partial charge in [0.25, 0.3) is 0 Å². The Bertz CT molecular complexity index is 585. The van der Waals surface area contributed by atoms with Gasteiger partial charge in [0.05, 0.1) is 0 Å². The van der Waals surface area contributed by atoms with E-state index in [1.165, 1.54) is 22.3 Å². The molecule has 2 rings (SSSR count). The van der Waals surface area contributed by atoms with Crippen LogP contribution in [0.1, 0.15) is 29.2 Å². The lowest BCUT2D eigenvalue weighted by atomic mass is 9.98. The Balaban J connectivity index is 0.00000220. The van der Waals surface area contributed by atoms with Crippen LogP contribution < -0.4 is 21.5 Å². The molecule has 0 radical (unpaired) electrons. The van der Waals surface area contributed by atoms with E-state index < -0.39 is 0 Å². The third-order valence-electron chi connectivity index (χ3n) is 3.75. The van der Waals surface area contributed by atoms with Crippen molar-refractivity contribution in [2.45, 2.75) is 40.2 Å². The summed E-state index contributed by atoms with van der Waals surface area (Å²) in [5.41, 5.74) is 4.86. The first-order valence-electron chi connectivity index (χ1n) is 7.15. The number of pyridine rings is 1. The number of benzene rings is 1. The molecule has 0 spiro atoms. The van der Waals surface area contributed by atoms with Gasteiger partial charge in [-0.1, -0.05) is 25.1 Å². The molecule has 0 saturated heterocycles. The molecule has 112 valence electrons. The number of hydrogen-bond acceptors (Lipinski definition) is 1. The Morgan fingerprint density at radius 3 is 2.14 bits per heavy atom. The summed E-state index contributed by atoms with van der Waals surface area (Å²) in [5, 5.41) is 0. The number of carbonyl (C=O) groups excluding carboxylic acids is 1. The van der Waals surface area contributed by atoms with Gasteiger partial charge >= 0.3 is 0 Å². The molecule has 0 saturated carbocycles. The van der Waals surface area contributed by atoms with Crippen molar-refractivity contribution >= 4 is 5.78 Å². The summed E-state index contributed by atoms with van der Waals surface area (Å²) in [5.74, 6) is 0.247.